The van der Waals surface area contributed by atoms with Crippen LogP contribution >= 0.6 is 0 Å². The molecule has 0 N–H and O–H groups in total. The molecule has 3 rings (SSSR count). The van der Waals surface area contributed by atoms with E-state index in [1.807, 2.05) is 0 Å². The van der Waals surface area contributed by atoms with E-state index in [1.54, 1.807) is 4.90 Å². The Kier molecular flexibility index (Phi) is 8.32. The van der Waals surface area contributed by atoms with Gasteiger partial charge in [0.05, 0.1) is 11.5 Å². The van der Waals surface area contributed by atoms with E-state index < -0.39 is 34.5 Å². The van der Waals surface area contributed by atoms with E-state index in [0.717, 1.165) is 51.1 Å². The van der Waals surface area contributed by atoms with Gasteiger partial charge in [0.25, 0.3) is 0 Å². The average molecular weight is 475 g/mol. The van der Waals surface area contributed by atoms with Gasteiger partial charge in [-0.05, 0) is 56.7 Å². The standard InChI is InChI=1S/C22H32F2N2O5S/c1-16(14-23)31-22(27)26-11-9-25(10-12-26)18-5-3-17(4-6-18)15-30-21-8-7-19(13-20(21)24)32(2,28)29/h7-8,13,16-18H,3-6,9-12,14-15H2,1-2H3/t16-,17?,18?/m0/s1. The van der Waals surface area contributed by atoms with Crippen LogP contribution in [0, 0.1) is 11.7 Å². The van der Waals surface area contributed by atoms with Crippen LogP contribution in [0.3, 0.4) is 0 Å². The van der Waals surface area contributed by atoms with Crippen molar-refractivity contribution in [3.63, 3.8) is 0 Å². The topological polar surface area (TPSA) is 76.2 Å². The van der Waals surface area contributed by atoms with Crippen molar-refractivity contribution in [2.45, 2.75) is 49.6 Å². The van der Waals surface area contributed by atoms with E-state index in [0.29, 0.717) is 31.7 Å². The summed E-state index contributed by atoms with van der Waals surface area (Å²) in [7, 11) is -3.45. The van der Waals surface area contributed by atoms with Crippen LogP contribution in [0.5, 0.6) is 5.75 Å². The molecule has 0 aromatic heterocycles. The van der Waals surface area contributed by atoms with Crippen molar-refractivity contribution in [3.8, 4) is 5.75 Å². The largest absolute Gasteiger partial charge is 0.490 e. The lowest BCUT2D eigenvalue weighted by molar-refractivity contribution is 0.0292. The molecule has 10 heteroatoms. The first-order valence-electron chi connectivity index (χ1n) is 11.1. The molecule has 1 heterocycles. The molecule has 1 saturated carbocycles. The lowest BCUT2D eigenvalue weighted by Crippen LogP contribution is -2.53. The van der Waals surface area contributed by atoms with E-state index in [9.17, 15) is 22.0 Å². The van der Waals surface area contributed by atoms with Crippen LogP contribution in [-0.4, -0.2) is 82.2 Å². The highest BCUT2D eigenvalue weighted by molar-refractivity contribution is 7.90. The fourth-order valence-electron chi connectivity index (χ4n) is 4.26. The Labute approximate surface area is 188 Å². The Balaban J connectivity index is 1.40. The van der Waals surface area contributed by atoms with Crippen LogP contribution < -0.4 is 4.74 Å². The van der Waals surface area contributed by atoms with Gasteiger partial charge in [-0.1, -0.05) is 0 Å². The van der Waals surface area contributed by atoms with Crippen molar-refractivity contribution < 1.29 is 31.5 Å². The summed E-state index contributed by atoms with van der Waals surface area (Å²) in [5.74, 6) is -0.276. The third-order valence-corrected chi connectivity index (χ3v) is 7.34. The van der Waals surface area contributed by atoms with E-state index in [4.69, 9.17) is 9.47 Å². The van der Waals surface area contributed by atoms with Crippen molar-refractivity contribution in [2.75, 3.05) is 45.7 Å². The SMILES string of the molecule is C[C@@H](CF)OC(=O)N1CCN(C2CCC(COc3ccc(S(C)(=O)=O)cc3F)CC2)CC1. The van der Waals surface area contributed by atoms with Gasteiger partial charge < -0.3 is 14.4 Å². The zero-order chi connectivity index (χ0) is 23.3. The second-order valence-electron chi connectivity index (χ2n) is 8.72. The molecular weight excluding hydrogens is 442 g/mol. The number of ether oxygens (including phenoxy) is 2. The summed E-state index contributed by atoms with van der Waals surface area (Å²) >= 11 is 0. The predicted octanol–water partition coefficient (Wildman–Crippen LogP) is 3.28. The summed E-state index contributed by atoms with van der Waals surface area (Å²) < 4.78 is 60.4. The smallest absolute Gasteiger partial charge is 0.410 e. The number of alkyl halides is 1. The maximum atomic E-state index is 14.2. The molecule has 7 nitrogen and oxygen atoms in total. The summed E-state index contributed by atoms with van der Waals surface area (Å²) in [4.78, 5) is 16.0. The minimum absolute atomic E-state index is 0.0619. The maximum Gasteiger partial charge on any atom is 0.410 e. The Bertz CT molecular complexity index is 882. The fraction of sp³-hybridized carbons (Fsp3) is 0.682. The van der Waals surface area contributed by atoms with Crippen molar-refractivity contribution in [1.29, 1.82) is 0 Å². The van der Waals surface area contributed by atoms with Gasteiger partial charge in [0.15, 0.2) is 21.4 Å². The zero-order valence-corrected chi connectivity index (χ0v) is 19.5. The highest BCUT2D eigenvalue weighted by atomic mass is 32.2. The summed E-state index contributed by atoms with van der Waals surface area (Å²) in [6.45, 7) is 3.93. The van der Waals surface area contributed by atoms with Crippen LogP contribution in [0.2, 0.25) is 0 Å². The molecule has 1 aliphatic heterocycles. The molecule has 1 amide bonds. The first-order valence-corrected chi connectivity index (χ1v) is 12.9. The van der Waals surface area contributed by atoms with Gasteiger partial charge in [-0.2, -0.15) is 0 Å². The molecule has 0 unspecified atom stereocenters. The number of hydrogen-bond donors (Lipinski definition) is 0. The molecule has 32 heavy (non-hydrogen) atoms. The van der Waals surface area contributed by atoms with Crippen molar-refractivity contribution in [2.24, 2.45) is 5.92 Å². The Morgan fingerprint density at radius 2 is 1.81 bits per heavy atom. The molecule has 1 saturated heterocycles. The second-order valence-corrected chi connectivity index (χ2v) is 10.7. The molecular formula is C22H32F2N2O5S. The van der Waals surface area contributed by atoms with Crippen molar-refractivity contribution in [3.05, 3.63) is 24.0 Å². The van der Waals surface area contributed by atoms with Gasteiger partial charge in [0.1, 0.15) is 12.8 Å². The minimum Gasteiger partial charge on any atom is -0.490 e. The van der Waals surface area contributed by atoms with E-state index in [-0.39, 0.29) is 10.6 Å². The van der Waals surface area contributed by atoms with E-state index in [2.05, 4.69) is 4.90 Å². The molecule has 0 bridgehead atoms. The monoisotopic (exact) mass is 474 g/mol. The normalized spacial score (nSPS) is 23.6. The van der Waals surface area contributed by atoms with E-state index >= 15 is 0 Å². The number of benzene rings is 1. The number of hydrogen-bond acceptors (Lipinski definition) is 6. The molecule has 1 atom stereocenters. The van der Waals surface area contributed by atoms with Crippen molar-refractivity contribution in [1.82, 2.24) is 9.80 Å². The first kappa shape index (κ1) is 24.7. The van der Waals surface area contributed by atoms with Crippen molar-refractivity contribution >= 4 is 15.9 Å². The van der Waals surface area contributed by atoms with Gasteiger partial charge in [-0.3, -0.25) is 4.90 Å². The van der Waals surface area contributed by atoms with Gasteiger partial charge >= 0.3 is 6.09 Å². The Morgan fingerprint density at radius 1 is 1.16 bits per heavy atom. The van der Waals surface area contributed by atoms with E-state index in [1.165, 1.54) is 19.1 Å². The third kappa shape index (κ3) is 6.54. The minimum atomic E-state index is -3.45. The highest BCUT2D eigenvalue weighted by Crippen LogP contribution is 2.30. The molecule has 2 aliphatic rings. The molecule has 180 valence electrons. The van der Waals surface area contributed by atoms with Gasteiger partial charge in [0.2, 0.25) is 0 Å². The van der Waals surface area contributed by atoms with Crippen LogP contribution in [0.1, 0.15) is 32.6 Å². The summed E-state index contributed by atoms with van der Waals surface area (Å²) in [6, 6.07) is 4.17. The summed E-state index contributed by atoms with van der Waals surface area (Å²) in [5.41, 5.74) is 0. The predicted molar refractivity (Wildman–Crippen MR) is 116 cm³/mol. The third-order valence-electron chi connectivity index (χ3n) is 6.23. The molecule has 1 aromatic rings. The molecule has 1 aromatic carbocycles. The number of piperazine rings is 1. The quantitative estimate of drug-likeness (QED) is 0.604. The van der Waals surface area contributed by atoms with Crippen LogP contribution in [-0.2, 0) is 14.6 Å². The number of sulfone groups is 1. The lowest BCUT2D eigenvalue weighted by atomic mass is 9.85. The van der Waals surface area contributed by atoms with Gasteiger partial charge in [0, 0.05) is 38.5 Å². The summed E-state index contributed by atoms with van der Waals surface area (Å²) in [5, 5.41) is 0. The number of nitrogens with zero attached hydrogens (tertiary/aromatic N) is 2. The Hall–Kier alpha value is -1.94. The van der Waals surface area contributed by atoms with Gasteiger partial charge in [-0.25, -0.2) is 22.0 Å². The zero-order valence-electron chi connectivity index (χ0n) is 18.6. The number of amides is 1. The average Bonchev–Trinajstić information content (AvgIpc) is 2.78. The Morgan fingerprint density at radius 3 is 2.38 bits per heavy atom. The molecule has 0 radical (unpaired) electrons. The number of rotatable bonds is 7. The van der Waals surface area contributed by atoms with Gasteiger partial charge in [-0.15, -0.1) is 0 Å². The molecule has 1 aliphatic carbocycles. The first-order chi connectivity index (χ1) is 15.2. The highest BCUT2D eigenvalue weighted by Gasteiger charge is 2.30. The lowest BCUT2D eigenvalue weighted by Gasteiger charge is -2.41. The molecule has 0 spiro atoms. The second kappa shape index (κ2) is 10.8. The fourth-order valence-corrected chi connectivity index (χ4v) is 4.89. The number of carbonyl (C=O) groups excluding carboxylic acids is 1. The number of carbonyl (C=O) groups is 1. The number of halogens is 2. The molecule has 2 fully saturated rings. The maximum absolute atomic E-state index is 14.2. The summed E-state index contributed by atoms with van der Waals surface area (Å²) in [6.07, 6.45) is 3.81. The van der Waals surface area contributed by atoms with Crippen LogP contribution in [0.25, 0.3) is 0 Å². The van der Waals surface area contributed by atoms with Crippen LogP contribution in [0.15, 0.2) is 23.1 Å². The van der Waals surface area contributed by atoms with Crippen LogP contribution in [0.4, 0.5) is 13.6 Å².